The normalized spacial score (nSPS) is 10.9. The summed E-state index contributed by atoms with van der Waals surface area (Å²) in [5.41, 5.74) is 2.55. The lowest BCUT2D eigenvalue weighted by Crippen LogP contribution is -2.35. The second-order valence-electron chi connectivity index (χ2n) is 4.13. The van der Waals surface area contributed by atoms with E-state index in [4.69, 9.17) is 0 Å². The molecule has 0 aromatic carbocycles. The number of amides is 1. The zero-order valence-electron chi connectivity index (χ0n) is 10.7. The van der Waals surface area contributed by atoms with Crippen molar-refractivity contribution in [3.63, 3.8) is 0 Å². The summed E-state index contributed by atoms with van der Waals surface area (Å²) in [5, 5.41) is 4.75. The number of thiophene rings is 1. The van der Waals surface area contributed by atoms with Gasteiger partial charge in [-0.25, -0.2) is 14.6 Å². The molecule has 8 heteroatoms. The van der Waals surface area contributed by atoms with Gasteiger partial charge in [0.25, 0.3) is 11.5 Å². The average molecular weight is 306 g/mol. The van der Waals surface area contributed by atoms with Gasteiger partial charge in [-0.15, -0.1) is 22.7 Å². The molecule has 0 bridgehead atoms. The summed E-state index contributed by atoms with van der Waals surface area (Å²) >= 11 is 2.78. The number of nitrogens with one attached hydrogen (secondary N) is 1. The first-order valence-electron chi connectivity index (χ1n) is 5.76. The van der Waals surface area contributed by atoms with Crippen molar-refractivity contribution in [2.24, 2.45) is 0 Å². The fourth-order valence-electron chi connectivity index (χ4n) is 1.77. The van der Waals surface area contributed by atoms with E-state index in [0.717, 1.165) is 9.68 Å². The maximum absolute atomic E-state index is 12.3. The highest BCUT2D eigenvalue weighted by atomic mass is 32.1. The molecule has 0 aliphatic rings. The lowest BCUT2D eigenvalue weighted by Gasteiger charge is -2.09. The van der Waals surface area contributed by atoms with Gasteiger partial charge in [-0.2, -0.15) is 0 Å². The average Bonchev–Trinajstić information content (AvgIpc) is 3.03. The molecule has 0 unspecified atom stereocenters. The van der Waals surface area contributed by atoms with E-state index in [2.05, 4.69) is 15.4 Å². The van der Waals surface area contributed by atoms with Crippen LogP contribution in [0.3, 0.4) is 0 Å². The molecule has 3 rings (SSSR count). The third kappa shape index (κ3) is 2.12. The Labute approximate surface area is 121 Å². The van der Waals surface area contributed by atoms with Crippen LogP contribution in [0.1, 0.15) is 21.3 Å². The molecule has 102 valence electrons. The van der Waals surface area contributed by atoms with Crippen molar-refractivity contribution in [1.29, 1.82) is 0 Å². The molecule has 0 saturated carbocycles. The number of aromatic nitrogens is 3. The molecule has 1 amide bonds. The highest BCUT2D eigenvalue weighted by Crippen LogP contribution is 2.14. The quantitative estimate of drug-likeness (QED) is 0.784. The number of carbonyl (C=O) groups excluding carboxylic acids is 1. The Balaban J connectivity index is 2.02. The number of thiazole rings is 1. The summed E-state index contributed by atoms with van der Waals surface area (Å²) in [6, 6.07) is 1.70. The van der Waals surface area contributed by atoms with E-state index in [9.17, 15) is 9.59 Å². The zero-order valence-corrected chi connectivity index (χ0v) is 12.3. The molecule has 3 heterocycles. The highest BCUT2D eigenvalue weighted by Gasteiger charge is 2.14. The number of hydrogen-bond acceptors (Lipinski definition) is 6. The Morgan fingerprint density at radius 1 is 1.30 bits per heavy atom. The molecule has 20 heavy (non-hydrogen) atoms. The van der Waals surface area contributed by atoms with Crippen LogP contribution < -0.4 is 11.0 Å². The van der Waals surface area contributed by atoms with Crippen molar-refractivity contribution in [2.75, 3.05) is 5.43 Å². The largest absolute Gasteiger partial charge is 0.289 e. The molecule has 3 aromatic heterocycles. The topological polar surface area (TPSA) is 76.9 Å². The molecule has 0 aliphatic carbocycles. The first-order chi connectivity index (χ1) is 9.56. The smallest absolute Gasteiger partial charge is 0.267 e. The van der Waals surface area contributed by atoms with E-state index in [-0.39, 0.29) is 5.56 Å². The highest BCUT2D eigenvalue weighted by molar-refractivity contribution is 7.16. The van der Waals surface area contributed by atoms with Gasteiger partial charge in [-0.3, -0.25) is 15.0 Å². The van der Waals surface area contributed by atoms with Gasteiger partial charge < -0.3 is 0 Å². The van der Waals surface area contributed by atoms with E-state index in [1.54, 1.807) is 23.8 Å². The van der Waals surface area contributed by atoms with Gasteiger partial charge >= 0.3 is 0 Å². The number of aryl methyl sites for hydroxylation is 2. The minimum absolute atomic E-state index is 0.283. The second-order valence-corrected chi connectivity index (χ2v) is 6.09. The van der Waals surface area contributed by atoms with Gasteiger partial charge in [-0.05, 0) is 25.3 Å². The Kier molecular flexibility index (Phi) is 3.11. The number of fused-ring (bicyclic) bond motifs is 1. The maximum Gasteiger partial charge on any atom is 0.289 e. The van der Waals surface area contributed by atoms with Gasteiger partial charge in [0.2, 0.25) is 0 Å². The first kappa shape index (κ1) is 12.9. The molecule has 0 radical (unpaired) electrons. The van der Waals surface area contributed by atoms with Crippen LogP contribution in [0.2, 0.25) is 0 Å². The summed E-state index contributed by atoms with van der Waals surface area (Å²) in [6.07, 6.45) is 0. The summed E-state index contributed by atoms with van der Waals surface area (Å²) in [5.74, 6) is 0.0150. The molecule has 0 saturated heterocycles. The summed E-state index contributed by atoms with van der Waals surface area (Å²) in [4.78, 5) is 33.4. The second kappa shape index (κ2) is 4.80. The van der Waals surface area contributed by atoms with Crippen LogP contribution in [0.15, 0.2) is 21.6 Å². The van der Waals surface area contributed by atoms with Gasteiger partial charge in [0.1, 0.15) is 16.3 Å². The van der Waals surface area contributed by atoms with Crippen LogP contribution in [0, 0.1) is 13.8 Å². The molecular weight excluding hydrogens is 296 g/mol. The third-order valence-corrected chi connectivity index (χ3v) is 4.31. The molecular formula is C12H10N4O2S2. The minimum atomic E-state index is -0.420. The number of nitrogens with zero attached hydrogens (tertiary/aromatic N) is 3. The van der Waals surface area contributed by atoms with Crippen molar-refractivity contribution in [1.82, 2.24) is 14.6 Å². The molecule has 0 aliphatic heterocycles. The van der Waals surface area contributed by atoms with E-state index >= 15 is 0 Å². The summed E-state index contributed by atoms with van der Waals surface area (Å²) in [6.45, 7) is 3.49. The first-order valence-corrected chi connectivity index (χ1v) is 7.52. The van der Waals surface area contributed by atoms with Gasteiger partial charge in [0.05, 0.1) is 10.4 Å². The Bertz CT molecular complexity index is 862. The Hall–Kier alpha value is -2.06. The molecule has 6 nitrogen and oxygen atoms in total. The fourth-order valence-corrected chi connectivity index (χ4v) is 3.17. The van der Waals surface area contributed by atoms with Crippen molar-refractivity contribution < 1.29 is 4.79 Å². The van der Waals surface area contributed by atoms with Crippen LogP contribution in [-0.4, -0.2) is 20.6 Å². The maximum atomic E-state index is 12.3. The SMILES string of the molecule is Cc1nc(C(=O)Nn2c(C)nc3sccc3c2=O)cs1. The van der Waals surface area contributed by atoms with Crippen LogP contribution in [-0.2, 0) is 0 Å². The third-order valence-electron chi connectivity index (χ3n) is 2.73. The van der Waals surface area contributed by atoms with E-state index < -0.39 is 5.91 Å². The van der Waals surface area contributed by atoms with Crippen LogP contribution >= 0.6 is 22.7 Å². The lowest BCUT2D eigenvalue weighted by molar-refractivity contribution is 0.100. The van der Waals surface area contributed by atoms with Crippen molar-refractivity contribution >= 4 is 38.8 Å². The standard InChI is InChI=1S/C12H10N4O2S2/c1-6-13-11-8(3-4-19-11)12(18)16(6)15-10(17)9-5-20-7(2)14-9/h3-5H,1-2H3,(H,15,17). The van der Waals surface area contributed by atoms with Crippen LogP contribution in [0.25, 0.3) is 10.2 Å². The Morgan fingerprint density at radius 3 is 2.80 bits per heavy atom. The number of carbonyl (C=O) groups is 1. The summed E-state index contributed by atoms with van der Waals surface area (Å²) in [7, 11) is 0. The number of rotatable bonds is 2. The zero-order chi connectivity index (χ0) is 14.3. The van der Waals surface area contributed by atoms with Crippen molar-refractivity contribution in [3.8, 4) is 0 Å². The predicted octanol–water partition coefficient (Wildman–Crippen LogP) is 1.92. The van der Waals surface area contributed by atoms with E-state index in [1.807, 2.05) is 6.92 Å². The Morgan fingerprint density at radius 2 is 2.10 bits per heavy atom. The minimum Gasteiger partial charge on any atom is -0.267 e. The molecule has 3 aromatic rings. The van der Waals surface area contributed by atoms with Gasteiger partial charge in [-0.1, -0.05) is 0 Å². The molecule has 0 atom stereocenters. The summed E-state index contributed by atoms with van der Waals surface area (Å²) < 4.78 is 1.16. The van der Waals surface area contributed by atoms with Gasteiger partial charge in [0, 0.05) is 5.38 Å². The molecule has 0 fully saturated rings. The fraction of sp³-hybridized carbons (Fsp3) is 0.167. The van der Waals surface area contributed by atoms with E-state index in [1.165, 1.54) is 22.7 Å². The van der Waals surface area contributed by atoms with Crippen LogP contribution in [0.5, 0.6) is 0 Å². The van der Waals surface area contributed by atoms with Gasteiger partial charge in [0.15, 0.2) is 0 Å². The molecule has 0 spiro atoms. The molecule has 1 N–H and O–H groups in total. The van der Waals surface area contributed by atoms with Crippen molar-refractivity contribution in [3.05, 3.63) is 43.7 Å². The number of hydrogen-bond donors (Lipinski definition) is 1. The monoisotopic (exact) mass is 306 g/mol. The van der Waals surface area contributed by atoms with Crippen molar-refractivity contribution in [2.45, 2.75) is 13.8 Å². The lowest BCUT2D eigenvalue weighted by atomic mass is 10.4. The van der Waals surface area contributed by atoms with E-state index in [0.29, 0.717) is 21.7 Å². The predicted molar refractivity (Wildman–Crippen MR) is 79.2 cm³/mol. The van der Waals surface area contributed by atoms with Crippen LogP contribution in [0.4, 0.5) is 0 Å².